The number of ether oxygens (including phenoxy) is 1. The lowest BCUT2D eigenvalue weighted by atomic mass is 10.1. The first-order valence-electron chi connectivity index (χ1n) is 6.92. The summed E-state index contributed by atoms with van der Waals surface area (Å²) in [5.41, 5.74) is 1.80. The summed E-state index contributed by atoms with van der Waals surface area (Å²) in [7, 11) is 0. The van der Waals surface area contributed by atoms with Gasteiger partial charge in [0.15, 0.2) is 0 Å². The van der Waals surface area contributed by atoms with Crippen molar-refractivity contribution in [3.05, 3.63) is 57.8 Å². The molecule has 118 valence electrons. The molecule has 1 amide bonds. The van der Waals surface area contributed by atoms with Crippen LogP contribution < -0.4 is 5.32 Å². The molecule has 2 aromatic rings. The Kier molecular flexibility index (Phi) is 5.94. The van der Waals surface area contributed by atoms with Crippen molar-refractivity contribution in [2.45, 2.75) is 25.7 Å². The fourth-order valence-electron chi connectivity index (χ4n) is 1.94. The molecule has 0 saturated heterocycles. The van der Waals surface area contributed by atoms with Gasteiger partial charge in [-0.15, -0.1) is 11.3 Å². The van der Waals surface area contributed by atoms with Gasteiger partial charge in [-0.05, 0) is 29.5 Å². The van der Waals surface area contributed by atoms with Crippen LogP contribution in [0.15, 0.2) is 41.8 Å². The zero-order valence-corrected chi connectivity index (χ0v) is 13.0. The molecule has 1 heterocycles. The topological polar surface area (TPSA) is 78.8 Å². The van der Waals surface area contributed by atoms with Crippen molar-refractivity contribution in [3.63, 3.8) is 0 Å². The summed E-state index contributed by atoms with van der Waals surface area (Å²) in [6.45, 7) is 1.95. The van der Waals surface area contributed by atoms with E-state index in [4.69, 9.17) is 4.74 Å². The second kappa shape index (κ2) is 7.93. The van der Waals surface area contributed by atoms with Gasteiger partial charge in [0.25, 0.3) is 0 Å². The fraction of sp³-hybridized carbons (Fsp3) is 0.312. The molecule has 2 atom stereocenters. The van der Waals surface area contributed by atoms with E-state index in [1.54, 1.807) is 0 Å². The summed E-state index contributed by atoms with van der Waals surface area (Å²) >= 11 is 1.37. The van der Waals surface area contributed by atoms with Gasteiger partial charge in [0.2, 0.25) is 0 Å². The quantitative estimate of drug-likeness (QED) is 0.763. The number of carbonyl (C=O) groups is 1. The molecule has 2 rings (SSSR count). The number of alkyl carbamates (subject to hydrolysis) is 1. The maximum absolute atomic E-state index is 11.6. The van der Waals surface area contributed by atoms with E-state index in [1.165, 1.54) is 11.3 Å². The summed E-state index contributed by atoms with van der Waals surface area (Å²) in [6.07, 6.45) is -2.73. The third-order valence-corrected chi connectivity index (χ3v) is 4.29. The first-order valence-corrected chi connectivity index (χ1v) is 7.80. The molecule has 2 unspecified atom stereocenters. The molecule has 0 fully saturated rings. The summed E-state index contributed by atoms with van der Waals surface area (Å²) in [5, 5.41) is 24.3. The second-order valence-electron chi connectivity index (χ2n) is 4.92. The first-order chi connectivity index (χ1) is 10.6. The lowest BCUT2D eigenvalue weighted by molar-refractivity contribution is 0.0202. The number of carbonyl (C=O) groups excluding carboxylic acids is 1. The van der Waals surface area contributed by atoms with Crippen molar-refractivity contribution in [3.8, 4) is 0 Å². The van der Waals surface area contributed by atoms with Crippen LogP contribution in [0.3, 0.4) is 0 Å². The van der Waals surface area contributed by atoms with Crippen LogP contribution >= 0.6 is 11.3 Å². The number of aryl methyl sites for hydroxylation is 1. The average molecular weight is 321 g/mol. The minimum absolute atomic E-state index is 0.0773. The number of aliphatic hydroxyl groups excluding tert-OH is 2. The van der Waals surface area contributed by atoms with Gasteiger partial charge in [0.1, 0.15) is 18.8 Å². The highest BCUT2D eigenvalue weighted by atomic mass is 32.1. The highest BCUT2D eigenvalue weighted by Gasteiger charge is 2.21. The summed E-state index contributed by atoms with van der Waals surface area (Å²) in [6, 6.07) is 11.2. The number of thiophene rings is 1. The monoisotopic (exact) mass is 321 g/mol. The lowest BCUT2D eigenvalue weighted by Gasteiger charge is -2.18. The number of hydrogen-bond donors (Lipinski definition) is 3. The molecule has 0 saturated carbocycles. The normalized spacial score (nSPS) is 13.4. The van der Waals surface area contributed by atoms with Crippen molar-refractivity contribution in [1.29, 1.82) is 0 Å². The van der Waals surface area contributed by atoms with E-state index >= 15 is 0 Å². The van der Waals surface area contributed by atoms with Gasteiger partial charge in [0, 0.05) is 11.4 Å². The molecule has 1 aromatic heterocycles. The van der Waals surface area contributed by atoms with Crippen LogP contribution in [0.2, 0.25) is 0 Å². The Morgan fingerprint density at radius 2 is 2.00 bits per heavy atom. The number of aliphatic hydroxyl groups is 2. The molecular weight excluding hydrogens is 302 g/mol. The SMILES string of the molecule is Cc1ccsc1C(O)C(O)CNC(=O)OCc1ccccc1. The molecule has 0 aliphatic heterocycles. The van der Waals surface area contributed by atoms with Crippen molar-refractivity contribution in [2.24, 2.45) is 0 Å². The molecule has 0 radical (unpaired) electrons. The van der Waals surface area contributed by atoms with Crippen LogP contribution in [-0.4, -0.2) is 29.0 Å². The largest absolute Gasteiger partial charge is 0.445 e. The highest BCUT2D eigenvalue weighted by Crippen LogP contribution is 2.25. The summed E-state index contributed by atoms with van der Waals surface area (Å²) in [5.74, 6) is 0. The van der Waals surface area contributed by atoms with Crippen LogP contribution in [-0.2, 0) is 11.3 Å². The Labute approximate surface area is 133 Å². The third kappa shape index (κ3) is 4.56. The lowest BCUT2D eigenvalue weighted by Crippen LogP contribution is -2.35. The van der Waals surface area contributed by atoms with Crippen LogP contribution in [0.1, 0.15) is 22.1 Å². The molecular formula is C16H19NO4S. The van der Waals surface area contributed by atoms with Gasteiger partial charge in [0.05, 0.1) is 0 Å². The molecule has 0 aliphatic rings. The molecule has 0 aliphatic carbocycles. The molecule has 6 heteroatoms. The number of hydrogen-bond acceptors (Lipinski definition) is 5. The van der Waals surface area contributed by atoms with E-state index in [0.29, 0.717) is 4.88 Å². The predicted octanol–water partition coefficient (Wildman–Crippen LogP) is 2.38. The minimum atomic E-state index is -1.08. The minimum Gasteiger partial charge on any atom is -0.445 e. The van der Waals surface area contributed by atoms with Crippen LogP contribution in [0.25, 0.3) is 0 Å². The van der Waals surface area contributed by atoms with E-state index < -0.39 is 18.3 Å². The van der Waals surface area contributed by atoms with E-state index in [0.717, 1.165) is 11.1 Å². The van der Waals surface area contributed by atoms with Crippen LogP contribution in [0.4, 0.5) is 4.79 Å². The zero-order valence-electron chi connectivity index (χ0n) is 12.2. The van der Waals surface area contributed by atoms with Gasteiger partial charge in [-0.25, -0.2) is 4.79 Å². The molecule has 3 N–H and O–H groups in total. The summed E-state index contributed by atoms with van der Waals surface area (Å²) < 4.78 is 5.03. The fourth-order valence-corrected chi connectivity index (χ4v) is 2.91. The maximum Gasteiger partial charge on any atom is 0.407 e. The molecule has 1 aromatic carbocycles. The molecule has 5 nitrogen and oxygen atoms in total. The van der Waals surface area contributed by atoms with Gasteiger partial charge < -0.3 is 20.3 Å². The zero-order chi connectivity index (χ0) is 15.9. The maximum atomic E-state index is 11.6. The van der Waals surface area contributed by atoms with Gasteiger partial charge in [-0.1, -0.05) is 30.3 Å². The number of nitrogens with one attached hydrogen (secondary N) is 1. The highest BCUT2D eigenvalue weighted by molar-refractivity contribution is 7.10. The van der Waals surface area contributed by atoms with Gasteiger partial charge in [-0.2, -0.15) is 0 Å². The molecule has 0 bridgehead atoms. The van der Waals surface area contributed by atoms with E-state index in [-0.39, 0.29) is 13.2 Å². The van der Waals surface area contributed by atoms with E-state index in [1.807, 2.05) is 48.7 Å². The Morgan fingerprint density at radius 3 is 2.64 bits per heavy atom. The van der Waals surface area contributed by atoms with Crippen LogP contribution in [0.5, 0.6) is 0 Å². The average Bonchev–Trinajstić information content (AvgIpc) is 2.96. The second-order valence-corrected chi connectivity index (χ2v) is 5.87. The Hall–Kier alpha value is -1.89. The van der Waals surface area contributed by atoms with Gasteiger partial charge in [-0.3, -0.25) is 0 Å². The van der Waals surface area contributed by atoms with E-state index in [9.17, 15) is 15.0 Å². The molecule has 22 heavy (non-hydrogen) atoms. The van der Waals surface area contributed by atoms with Crippen molar-refractivity contribution < 1.29 is 19.7 Å². The molecule has 0 spiro atoms. The first kappa shape index (κ1) is 16.5. The third-order valence-electron chi connectivity index (χ3n) is 3.20. The standard InChI is InChI=1S/C16H19NO4S/c1-11-7-8-22-15(11)14(19)13(18)9-17-16(20)21-10-12-5-3-2-4-6-12/h2-8,13-14,18-19H,9-10H2,1H3,(H,17,20). The van der Waals surface area contributed by atoms with Gasteiger partial charge >= 0.3 is 6.09 Å². The number of benzene rings is 1. The van der Waals surface area contributed by atoms with Crippen molar-refractivity contribution in [1.82, 2.24) is 5.32 Å². The van der Waals surface area contributed by atoms with Crippen LogP contribution in [0, 0.1) is 6.92 Å². The Morgan fingerprint density at radius 1 is 1.27 bits per heavy atom. The van der Waals surface area contributed by atoms with Crippen molar-refractivity contribution in [2.75, 3.05) is 6.54 Å². The predicted molar refractivity (Wildman–Crippen MR) is 84.7 cm³/mol. The van der Waals surface area contributed by atoms with Crippen molar-refractivity contribution >= 4 is 17.4 Å². The van der Waals surface area contributed by atoms with E-state index in [2.05, 4.69) is 5.32 Å². The number of rotatable bonds is 6. The summed E-state index contributed by atoms with van der Waals surface area (Å²) in [4.78, 5) is 12.3. The number of amides is 1. The Balaban J connectivity index is 1.75. The Bertz CT molecular complexity index is 599. The smallest absolute Gasteiger partial charge is 0.407 e.